The van der Waals surface area contributed by atoms with E-state index in [4.69, 9.17) is 0 Å². The number of nitrogens with one attached hydrogen (secondary N) is 1. The van der Waals surface area contributed by atoms with Crippen molar-refractivity contribution >= 4 is 0 Å². The predicted molar refractivity (Wildman–Crippen MR) is 74.9 cm³/mol. The minimum absolute atomic E-state index is 0.303. The Labute approximate surface area is 115 Å². The Bertz CT molecular complexity index is 388. The largest absolute Gasteiger partial charge is 0.307 e. The van der Waals surface area contributed by atoms with Crippen molar-refractivity contribution in [2.24, 2.45) is 0 Å². The van der Waals surface area contributed by atoms with E-state index >= 15 is 0 Å². The molecule has 5 heteroatoms. The molecule has 4 rings (SSSR count). The van der Waals surface area contributed by atoms with Gasteiger partial charge >= 0.3 is 0 Å². The van der Waals surface area contributed by atoms with Crippen LogP contribution in [0, 0.1) is 0 Å². The van der Waals surface area contributed by atoms with Crippen molar-refractivity contribution < 1.29 is 0 Å². The lowest BCUT2D eigenvalue weighted by Gasteiger charge is -2.50. The molecule has 2 bridgehead atoms. The van der Waals surface area contributed by atoms with Crippen LogP contribution in [0.3, 0.4) is 0 Å². The Kier molecular flexibility index (Phi) is 4.06. The molecule has 0 aromatic carbocycles. The molecule has 3 aliphatic rings. The van der Waals surface area contributed by atoms with E-state index in [1.807, 2.05) is 6.20 Å². The van der Waals surface area contributed by atoms with Gasteiger partial charge in [-0.05, 0) is 13.0 Å². The van der Waals surface area contributed by atoms with E-state index < -0.39 is 0 Å². The molecule has 0 saturated carbocycles. The molecule has 3 fully saturated rings. The summed E-state index contributed by atoms with van der Waals surface area (Å²) in [7, 11) is 0. The highest BCUT2D eigenvalue weighted by molar-refractivity contribution is 5.09. The Morgan fingerprint density at radius 3 is 2.74 bits per heavy atom. The summed E-state index contributed by atoms with van der Waals surface area (Å²) in [5.41, 5.74) is 1.08. The van der Waals surface area contributed by atoms with Crippen molar-refractivity contribution in [2.75, 3.05) is 39.3 Å². The molecular formula is C14H23N5. The first-order chi connectivity index (χ1) is 9.38. The van der Waals surface area contributed by atoms with Gasteiger partial charge in [-0.2, -0.15) is 0 Å². The predicted octanol–water partition coefficient (Wildman–Crippen LogP) is 0.517. The van der Waals surface area contributed by atoms with Gasteiger partial charge in [0.2, 0.25) is 0 Å². The highest BCUT2D eigenvalue weighted by atomic mass is 15.4. The molecule has 104 valence electrons. The molecular weight excluding hydrogens is 238 g/mol. The van der Waals surface area contributed by atoms with E-state index in [0.29, 0.717) is 12.1 Å². The third-order valence-electron chi connectivity index (χ3n) is 4.22. The molecule has 1 N–H and O–H groups in total. The second-order valence-corrected chi connectivity index (χ2v) is 5.47. The standard InChI is InChI=1S/C14H23N5/c1-2-3-17-14(12-10-15-4-5-16-12)13-11-18-6-8-19(13)9-7-18/h4-5,10,13-14,17H,2-3,6-9,11H2,1H3. The van der Waals surface area contributed by atoms with Crippen LogP contribution < -0.4 is 5.32 Å². The van der Waals surface area contributed by atoms with Crippen LogP contribution in [0.5, 0.6) is 0 Å². The molecule has 0 aliphatic carbocycles. The molecule has 0 amide bonds. The van der Waals surface area contributed by atoms with Gasteiger partial charge in [0.15, 0.2) is 0 Å². The van der Waals surface area contributed by atoms with Gasteiger partial charge in [0.1, 0.15) is 0 Å². The lowest BCUT2D eigenvalue weighted by Crippen LogP contribution is -2.64. The van der Waals surface area contributed by atoms with E-state index in [1.165, 1.54) is 26.2 Å². The Morgan fingerprint density at radius 1 is 1.32 bits per heavy atom. The molecule has 5 nitrogen and oxygen atoms in total. The summed E-state index contributed by atoms with van der Waals surface area (Å²) >= 11 is 0. The zero-order chi connectivity index (χ0) is 13.1. The monoisotopic (exact) mass is 261 g/mol. The summed E-state index contributed by atoms with van der Waals surface area (Å²) in [4.78, 5) is 13.9. The first kappa shape index (κ1) is 13.0. The molecule has 0 spiro atoms. The van der Waals surface area contributed by atoms with E-state index in [1.54, 1.807) is 12.4 Å². The maximum atomic E-state index is 4.52. The quantitative estimate of drug-likeness (QED) is 0.837. The van der Waals surface area contributed by atoms with E-state index in [-0.39, 0.29) is 0 Å². The minimum atomic E-state index is 0.303. The highest BCUT2D eigenvalue weighted by Crippen LogP contribution is 2.25. The first-order valence-electron chi connectivity index (χ1n) is 7.34. The summed E-state index contributed by atoms with van der Waals surface area (Å²) in [6.45, 7) is 9.21. The average Bonchev–Trinajstić information content (AvgIpc) is 2.50. The average molecular weight is 261 g/mol. The number of aromatic nitrogens is 2. The fraction of sp³-hybridized carbons (Fsp3) is 0.714. The zero-order valence-corrected chi connectivity index (χ0v) is 11.6. The normalized spacial score (nSPS) is 31.3. The zero-order valence-electron chi connectivity index (χ0n) is 11.6. The van der Waals surface area contributed by atoms with Gasteiger partial charge in [-0.15, -0.1) is 0 Å². The summed E-state index contributed by atoms with van der Waals surface area (Å²) < 4.78 is 0. The number of hydrogen-bond acceptors (Lipinski definition) is 5. The van der Waals surface area contributed by atoms with Crippen molar-refractivity contribution in [2.45, 2.75) is 25.4 Å². The number of hydrogen-bond donors (Lipinski definition) is 1. The Hall–Kier alpha value is -1.04. The number of rotatable bonds is 5. The van der Waals surface area contributed by atoms with Gasteiger partial charge in [0, 0.05) is 51.2 Å². The van der Waals surface area contributed by atoms with Crippen LogP contribution in [0.4, 0.5) is 0 Å². The third kappa shape index (κ3) is 2.78. The van der Waals surface area contributed by atoms with Crippen molar-refractivity contribution in [3.63, 3.8) is 0 Å². The van der Waals surface area contributed by atoms with E-state index in [9.17, 15) is 0 Å². The molecule has 2 atom stereocenters. The van der Waals surface area contributed by atoms with Gasteiger partial charge in [0.05, 0.1) is 17.9 Å². The van der Waals surface area contributed by atoms with Crippen LogP contribution in [-0.4, -0.2) is 65.1 Å². The third-order valence-corrected chi connectivity index (χ3v) is 4.22. The Morgan fingerprint density at radius 2 is 2.16 bits per heavy atom. The molecule has 3 saturated heterocycles. The van der Waals surface area contributed by atoms with Gasteiger partial charge in [-0.1, -0.05) is 6.92 Å². The smallest absolute Gasteiger partial charge is 0.0772 e. The summed E-state index contributed by atoms with van der Waals surface area (Å²) in [6.07, 6.45) is 6.60. The second-order valence-electron chi connectivity index (χ2n) is 5.47. The molecule has 2 unspecified atom stereocenters. The van der Waals surface area contributed by atoms with Crippen LogP contribution in [-0.2, 0) is 0 Å². The van der Waals surface area contributed by atoms with Gasteiger partial charge in [-0.25, -0.2) is 0 Å². The molecule has 0 radical (unpaired) electrons. The molecule has 19 heavy (non-hydrogen) atoms. The maximum Gasteiger partial charge on any atom is 0.0772 e. The van der Waals surface area contributed by atoms with Crippen molar-refractivity contribution in [1.82, 2.24) is 25.1 Å². The minimum Gasteiger partial charge on any atom is -0.307 e. The molecule has 3 aliphatic heterocycles. The van der Waals surface area contributed by atoms with Crippen LogP contribution in [0.1, 0.15) is 25.1 Å². The van der Waals surface area contributed by atoms with Crippen LogP contribution in [0.2, 0.25) is 0 Å². The van der Waals surface area contributed by atoms with Gasteiger partial charge < -0.3 is 5.32 Å². The lowest BCUT2D eigenvalue weighted by molar-refractivity contribution is -0.00433. The van der Waals surface area contributed by atoms with Crippen LogP contribution in [0.25, 0.3) is 0 Å². The fourth-order valence-electron chi connectivity index (χ4n) is 3.18. The highest BCUT2D eigenvalue weighted by Gasteiger charge is 2.37. The SMILES string of the molecule is CCCNC(c1cnccn1)C1CN2CCN1CC2. The van der Waals surface area contributed by atoms with Crippen molar-refractivity contribution in [3.8, 4) is 0 Å². The number of nitrogens with zero attached hydrogens (tertiary/aromatic N) is 4. The number of fused-ring (bicyclic) bond motifs is 3. The summed E-state index contributed by atoms with van der Waals surface area (Å²) in [5.74, 6) is 0. The molecule has 1 aromatic rings. The van der Waals surface area contributed by atoms with E-state index in [0.717, 1.165) is 25.2 Å². The number of piperazine rings is 3. The van der Waals surface area contributed by atoms with E-state index in [2.05, 4.69) is 32.0 Å². The van der Waals surface area contributed by atoms with Crippen LogP contribution >= 0.6 is 0 Å². The summed E-state index contributed by atoms with van der Waals surface area (Å²) in [6, 6.07) is 0.836. The van der Waals surface area contributed by atoms with Gasteiger partial charge in [0.25, 0.3) is 0 Å². The van der Waals surface area contributed by atoms with Crippen molar-refractivity contribution in [1.29, 1.82) is 0 Å². The molecule has 4 heterocycles. The van der Waals surface area contributed by atoms with Gasteiger partial charge in [-0.3, -0.25) is 19.8 Å². The van der Waals surface area contributed by atoms with Crippen molar-refractivity contribution in [3.05, 3.63) is 24.3 Å². The first-order valence-corrected chi connectivity index (χ1v) is 7.34. The Balaban J connectivity index is 1.79. The van der Waals surface area contributed by atoms with Crippen LogP contribution in [0.15, 0.2) is 18.6 Å². The summed E-state index contributed by atoms with van der Waals surface area (Å²) in [5, 5.41) is 3.67. The molecule has 1 aromatic heterocycles. The topological polar surface area (TPSA) is 44.3 Å². The lowest BCUT2D eigenvalue weighted by atomic mass is 9.97. The fourth-order valence-corrected chi connectivity index (χ4v) is 3.18. The maximum absolute atomic E-state index is 4.52. The second kappa shape index (κ2) is 5.94.